The average Bonchev–Trinajstić information content (AvgIpc) is 2.85. The fraction of sp³-hybridized carbons (Fsp3) is 0.500. The molecule has 1 aromatic heterocycles. The van der Waals surface area contributed by atoms with E-state index in [2.05, 4.69) is 0 Å². The van der Waals surface area contributed by atoms with Crippen LogP contribution in [-0.2, 0) is 4.74 Å². The van der Waals surface area contributed by atoms with E-state index in [4.69, 9.17) is 4.74 Å². The van der Waals surface area contributed by atoms with E-state index in [-0.39, 0.29) is 12.0 Å². The highest BCUT2D eigenvalue weighted by Gasteiger charge is 2.26. The molecule has 0 bridgehead atoms. The topological polar surface area (TPSA) is 32.8 Å². The van der Waals surface area contributed by atoms with Crippen LogP contribution in [0.4, 0.5) is 0 Å². The Labute approximate surface area is 87.3 Å². The Kier molecular flexibility index (Phi) is 2.56. The summed E-state index contributed by atoms with van der Waals surface area (Å²) in [4.78, 5) is 15.5. The van der Waals surface area contributed by atoms with Gasteiger partial charge in [0.1, 0.15) is 0 Å². The Morgan fingerprint density at radius 1 is 1.71 bits per heavy atom. The second-order valence-electron chi connectivity index (χ2n) is 3.55. The van der Waals surface area contributed by atoms with Gasteiger partial charge in [-0.2, -0.15) is 0 Å². The van der Waals surface area contributed by atoms with Crippen LogP contribution >= 0.6 is 11.3 Å². The standard InChI is InChI=1S/C10H13NO2S/c1-7-3-4-9(14-7)10(12)11(2)5-8-6-13-8/h3-4,8H,5-6H2,1-2H3. The predicted molar refractivity (Wildman–Crippen MR) is 55.8 cm³/mol. The third-order valence-electron chi connectivity index (χ3n) is 2.18. The van der Waals surface area contributed by atoms with Gasteiger partial charge in [-0.25, -0.2) is 0 Å². The van der Waals surface area contributed by atoms with Gasteiger partial charge < -0.3 is 9.64 Å². The van der Waals surface area contributed by atoms with Crippen LogP contribution in [0.25, 0.3) is 0 Å². The lowest BCUT2D eigenvalue weighted by atomic mass is 10.3. The van der Waals surface area contributed by atoms with E-state index in [1.807, 2.05) is 26.1 Å². The summed E-state index contributed by atoms with van der Waals surface area (Å²) in [6.07, 6.45) is 0.269. The molecule has 1 fully saturated rings. The van der Waals surface area contributed by atoms with Gasteiger partial charge in [-0.15, -0.1) is 11.3 Å². The van der Waals surface area contributed by atoms with Crippen molar-refractivity contribution in [2.75, 3.05) is 20.2 Å². The fourth-order valence-electron chi connectivity index (χ4n) is 1.30. The van der Waals surface area contributed by atoms with Crippen molar-refractivity contribution in [3.05, 3.63) is 21.9 Å². The zero-order chi connectivity index (χ0) is 10.1. The van der Waals surface area contributed by atoms with Crippen LogP contribution in [0.2, 0.25) is 0 Å². The number of carbonyl (C=O) groups excluding carboxylic acids is 1. The summed E-state index contributed by atoms with van der Waals surface area (Å²) < 4.78 is 5.08. The monoisotopic (exact) mass is 211 g/mol. The first-order valence-corrected chi connectivity index (χ1v) is 5.42. The second kappa shape index (κ2) is 3.71. The maximum atomic E-state index is 11.8. The highest BCUT2D eigenvalue weighted by Crippen LogP contribution is 2.18. The molecule has 76 valence electrons. The highest BCUT2D eigenvalue weighted by atomic mass is 32.1. The maximum Gasteiger partial charge on any atom is 0.263 e. The first-order chi connectivity index (χ1) is 6.66. The molecule has 0 saturated carbocycles. The first kappa shape index (κ1) is 9.68. The predicted octanol–water partition coefficient (Wildman–Crippen LogP) is 1.53. The number of aryl methyl sites for hydroxylation is 1. The molecule has 0 aliphatic carbocycles. The molecular formula is C10H13NO2S. The zero-order valence-corrected chi connectivity index (χ0v) is 9.13. The third kappa shape index (κ3) is 2.13. The van der Waals surface area contributed by atoms with Gasteiger partial charge in [0.25, 0.3) is 5.91 Å². The number of ether oxygens (including phenoxy) is 1. The number of hydrogen-bond donors (Lipinski definition) is 0. The number of epoxide rings is 1. The Morgan fingerprint density at radius 2 is 2.43 bits per heavy atom. The van der Waals surface area contributed by atoms with Crippen molar-refractivity contribution < 1.29 is 9.53 Å². The van der Waals surface area contributed by atoms with Gasteiger partial charge in [0.15, 0.2) is 0 Å². The molecule has 1 aliphatic rings. The fourth-order valence-corrected chi connectivity index (χ4v) is 2.16. The molecule has 2 rings (SSSR count). The molecule has 0 radical (unpaired) electrons. The zero-order valence-electron chi connectivity index (χ0n) is 8.32. The van der Waals surface area contributed by atoms with Gasteiger partial charge in [0.05, 0.1) is 17.6 Å². The molecule has 3 nitrogen and oxygen atoms in total. The van der Waals surface area contributed by atoms with Crippen molar-refractivity contribution in [1.29, 1.82) is 0 Å². The molecule has 1 aromatic rings. The van der Waals surface area contributed by atoms with Crippen LogP contribution in [-0.4, -0.2) is 37.1 Å². The minimum Gasteiger partial charge on any atom is -0.371 e. The summed E-state index contributed by atoms with van der Waals surface area (Å²) in [5.74, 6) is 0.0959. The largest absolute Gasteiger partial charge is 0.371 e. The summed E-state index contributed by atoms with van der Waals surface area (Å²) in [6, 6.07) is 3.85. The average molecular weight is 211 g/mol. The molecule has 0 spiro atoms. The van der Waals surface area contributed by atoms with E-state index in [9.17, 15) is 4.79 Å². The van der Waals surface area contributed by atoms with Crippen molar-refractivity contribution in [2.24, 2.45) is 0 Å². The molecule has 1 atom stereocenters. The minimum absolute atomic E-state index is 0.0959. The minimum atomic E-state index is 0.0959. The number of rotatable bonds is 3. The molecule has 1 saturated heterocycles. The lowest BCUT2D eigenvalue weighted by Crippen LogP contribution is -2.29. The van der Waals surface area contributed by atoms with Crippen LogP contribution in [0.5, 0.6) is 0 Å². The Balaban J connectivity index is 1.99. The molecule has 0 aromatic carbocycles. The molecule has 1 unspecified atom stereocenters. The quantitative estimate of drug-likeness (QED) is 0.710. The molecule has 2 heterocycles. The number of likely N-dealkylation sites (N-methyl/N-ethyl adjacent to an activating group) is 1. The summed E-state index contributed by atoms with van der Waals surface area (Å²) in [7, 11) is 1.82. The smallest absolute Gasteiger partial charge is 0.263 e. The third-order valence-corrected chi connectivity index (χ3v) is 3.17. The summed E-state index contributed by atoms with van der Waals surface area (Å²) in [6.45, 7) is 3.50. The van der Waals surface area contributed by atoms with E-state index in [0.29, 0.717) is 6.54 Å². The molecule has 0 N–H and O–H groups in total. The SMILES string of the molecule is Cc1ccc(C(=O)N(C)CC2CO2)s1. The summed E-state index contributed by atoms with van der Waals surface area (Å²) in [5.41, 5.74) is 0. The molecule has 4 heteroatoms. The van der Waals surface area contributed by atoms with Crippen molar-refractivity contribution in [1.82, 2.24) is 4.90 Å². The Bertz CT molecular complexity index is 344. The van der Waals surface area contributed by atoms with E-state index >= 15 is 0 Å². The van der Waals surface area contributed by atoms with Crippen LogP contribution in [0, 0.1) is 6.92 Å². The summed E-state index contributed by atoms with van der Waals surface area (Å²) >= 11 is 1.54. The maximum absolute atomic E-state index is 11.8. The van der Waals surface area contributed by atoms with E-state index in [0.717, 1.165) is 11.5 Å². The first-order valence-electron chi connectivity index (χ1n) is 4.60. The van der Waals surface area contributed by atoms with Gasteiger partial charge in [-0.3, -0.25) is 4.79 Å². The number of hydrogen-bond acceptors (Lipinski definition) is 3. The number of nitrogens with zero attached hydrogens (tertiary/aromatic N) is 1. The number of thiophene rings is 1. The van der Waals surface area contributed by atoms with Crippen molar-refractivity contribution in [3.8, 4) is 0 Å². The Morgan fingerprint density at radius 3 is 2.93 bits per heavy atom. The van der Waals surface area contributed by atoms with Crippen LogP contribution < -0.4 is 0 Å². The van der Waals surface area contributed by atoms with Gasteiger partial charge in [0.2, 0.25) is 0 Å². The van der Waals surface area contributed by atoms with Gasteiger partial charge in [0, 0.05) is 18.5 Å². The number of carbonyl (C=O) groups is 1. The van der Waals surface area contributed by atoms with E-state index < -0.39 is 0 Å². The lowest BCUT2D eigenvalue weighted by Gasteiger charge is -2.14. The van der Waals surface area contributed by atoms with Gasteiger partial charge in [-0.05, 0) is 19.1 Å². The van der Waals surface area contributed by atoms with Crippen LogP contribution in [0.1, 0.15) is 14.5 Å². The molecule has 14 heavy (non-hydrogen) atoms. The van der Waals surface area contributed by atoms with Crippen molar-refractivity contribution in [2.45, 2.75) is 13.0 Å². The van der Waals surface area contributed by atoms with E-state index in [1.54, 1.807) is 4.90 Å². The Hall–Kier alpha value is -0.870. The van der Waals surface area contributed by atoms with E-state index in [1.165, 1.54) is 16.2 Å². The van der Waals surface area contributed by atoms with Gasteiger partial charge >= 0.3 is 0 Å². The van der Waals surface area contributed by atoms with Crippen LogP contribution in [0.3, 0.4) is 0 Å². The normalized spacial score (nSPS) is 19.4. The molecule has 1 aliphatic heterocycles. The van der Waals surface area contributed by atoms with Crippen molar-refractivity contribution >= 4 is 17.2 Å². The molecule has 1 amide bonds. The van der Waals surface area contributed by atoms with Crippen LogP contribution in [0.15, 0.2) is 12.1 Å². The lowest BCUT2D eigenvalue weighted by molar-refractivity contribution is 0.0789. The van der Waals surface area contributed by atoms with Gasteiger partial charge in [-0.1, -0.05) is 0 Å². The second-order valence-corrected chi connectivity index (χ2v) is 4.84. The van der Waals surface area contributed by atoms with Crippen molar-refractivity contribution in [3.63, 3.8) is 0 Å². The summed E-state index contributed by atoms with van der Waals surface area (Å²) in [5, 5.41) is 0. The number of amides is 1. The highest BCUT2D eigenvalue weighted by molar-refractivity contribution is 7.13. The molecular weight excluding hydrogens is 198 g/mol.